The summed E-state index contributed by atoms with van der Waals surface area (Å²) in [6.07, 6.45) is 0. The minimum Gasteiger partial charge on any atom is -0.154 e. The van der Waals surface area contributed by atoms with E-state index in [9.17, 15) is 0 Å². The number of halogens is 6. The van der Waals surface area contributed by atoms with Crippen LogP contribution < -0.4 is 15.9 Å². The van der Waals surface area contributed by atoms with Crippen molar-refractivity contribution in [2.75, 3.05) is 0 Å². The summed E-state index contributed by atoms with van der Waals surface area (Å²) in [4.78, 5) is 0. The molecule has 0 radical (unpaired) electrons. The van der Waals surface area contributed by atoms with E-state index in [1.165, 1.54) is 0 Å². The highest BCUT2D eigenvalue weighted by Gasteiger charge is 2.64. The predicted molar refractivity (Wildman–Crippen MR) is 114 cm³/mol. The molecule has 0 aliphatic rings. The first-order valence-corrected chi connectivity index (χ1v) is 11.2. The van der Waals surface area contributed by atoms with E-state index in [2.05, 4.69) is 15.9 Å². The molecule has 0 unspecified atom stereocenters. The minimum absolute atomic E-state index is 0.483. The van der Waals surface area contributed by atoms with Gasteiger partial charge in [0, 0.05) is 31.0 Å². The molecule has 26 heavy (non-hydrogen) atoms. The maximum Gasteiger partial charge on any atom is 0.422 e. The normalized spacial score (nSPS) is 12.2. The van der Waals surface area contributed by atoms with Crippen molar-refractivity contribution in [2.45, 2.75) is 4.57 Å². The summed E-state index contributed by atoms with van der Waals surface area (Å²) in [6.45, 7) is 0. The lowest BCUT2D eigenvalue weighted by Gasteiger charge is -2.30. The van der Waals surface area contributed by atoms with Crippen LogP contribution in [0.2, 0.25) is 15.1 Å². The van der Waals surface area contributed by atoms with Crippen LogP contribution in [-0.4, -0.2) is 4.57 Å². The van der Waals surface area contributed by atoms with Crippen LogP contribution in [0.5, 0.6) is 0 Å². The van der Waals surface area contributed by atoms with Crippen LogP contribution in [0, 0.1) is 0 Å². The van der Waals surface area contributed by atoms with Crippen LogP contribution >= 0.6 is 58.0 Å². The van der Waals surface area contributed by atoms with Crippen molar-refractivity contribution in [3.8, 4) is 0 Å². The zero-order valence-electron chi connectivity index (χ0n) is 13.1. The third-order valence-electron chi connectivity index (χ3n) is 4.02. The van der Waals surface area contributed by atoms with Crippen LogP contribution in [0.1, 0.15) is 0 Å². The Hall–Kier alpha value is -0.700. The van der Waals surface area contributed by atoms with Gasteiger partial charge in [0.1, 0.15) is 15.9 Å². The van der Waals surface area contributed by atoms with Gasteiger partial charge >= 0.3 is 4.57 Å². The first-order valence-electron chi connectivity index (χ1n) is 7.49. The fourth-order valence-electron chi connectivity index (χ4n) is 2.88. The monoisotopic (exact) mass is 493 g/mol. The standard InChI is InChI=1S/C19H12BrCl3F2P/c20-19(24,25)26(16-7-1-13(21)2-8-16,17-9-3-14(22)4-10-17)18-11-5-15(23)6-12-18/h1-12H/q+1. The fraction of sp³-hybridized carbons (Fsp3) is 0.0526. The molecule has 0 atom stereocenters. The molecule has 0 fully saturated rings. The Bertz CT molecular complexity index is 781. The molecule has 3 aromatic rings. The van der Waals surface area contributed by atoms with Crippen LogP contribution in [0.3, 0.4) is 0 Å². The molecule has 0 spiro atoms. The summed E-state index contributed by atoms with van der Waals surface area (Å²) < 4.78 is 27.3. The maximum absolute atomic E-state index is 15.3. The van der Waals surface area contributed by atoms with E-state index < -0.39 is 11.8 Å². The zero-order valence-corrected chi connectivity index (χ0v) is 17.9. The molecule has 3 aromatic carbocycles. The molecule has 7 heteroatoms. The number of alkyl halides is 3. The van der Waals surface area contributed by atoms with Gasteiger partial charge in [-0.05, 0) is 72.8 Å². The summed E-state index contributed by atoms with van der Waals surface area (Å²) >= 11 is 20.6. The molecular formula is C19H12BrCl3F2P+. The van der Waals surface area contributed by atoms with Crippen LogP contribution in [0.25, 0.3) is 0 Å². The Labute approximate surface area is 174 Å². The maximum atomic E-state index is 15.3. The van der Waals surface area contributed by atoms with E-state index in [0.29, 0.717) is 31.0 Å². The van der Waals surface area contributed by atoms with E-state index in [-0.39, 0.29) is 0 Å². The minimum atomic E-state index is -3.39. The highest BCUT2D eigenvalue weighted by atomic mass is 79.9. The summed E-state index contributed by atoms with van der Waals surface area (Å²) in [5.74, 6) is 0. The van der Waals surface area contributed by atoms with Crippen molar-refractivity contribution in [1.29, 1.82) is 0 Å². The number of rotatable bonds is 4. The molecule has 0 aliphatic carbocycles. The summed E-state index contributed by atoms with van der Waals surface area (Å²) in [5.41, 5.74) is 0. The molecule has 3 rings (SSSR count). The molecule has 0 amide bonds. The first-order chi connectivity index (χ1) is 12.2. The second kappa shape index (κ2) is 7.73. The third kappa shape index (κ3) is 3.66. The molecule has 0 aromatic heterocycles. The van der Waals surface area contributed by atoms with E-state index in [0.717, 1.165) is 0 Å². The van der Waals surface area contributed by atoms with Gasteiger partial charge in [0.15, 0.2) is 7.26 Å². The Kier molecular flexibility index (Phi) is 5.96. The zero-order chi connectivity index (χ0) is 18.9. The molecular weight excluding hydrogens is 483 g/mol. The number of benzene rings is 3. The average Bonchev–Trinajstić information content (AvgIpc) is 2.59. The van der Waals surface area contributed by atoms with Crippen LogP contribution in [0.15, 0.2) is 72.8 Å². The Balaban J connectivity index is 2.40. The van der Waals surface area contributed by atoms with Gasteiger partial charge in [0.2, 0.25) is 0 Å². The molecule has 0 saturated heterocycles. The van der Waals surface area contributed by atoms with Crippen molar-refractivity contribution in [2.24, 2.45) is 0 Å². The van der Waals surface area contributed by atoms with Crippen molar-refractivity contribution >= 4 is 73.9 Å². The van der Waals surface area contributed by atoms with Crippen molar-refractivity contribution < 1.29 is 8.78 Å². The summed E-state index contributed by atoms with van der Waals surface area (Å²) in [6, 6.07) is 19.6. The fourth-order valence-corrected chi connectivity index (χ4v) is 8.66. The highest BCUT2D eigenvalue weighted by molar-refractivity contribution is 9.11. The Morgan fingerprint density at radius 2 is 0.808 bits per heavy atom. The molecule has 134 valence electrons. The Morgan fingerprint density at radius 3 is 1.00 bits per heavy atom. The molecule has 0 bridgehead atoms. The third-order valence-corrected chi connectivity index (χ3v) is 10.4. The van der Waals surface area contributed by atoms with Gasteiger partial charge in [-0.2, -0.15) is 8.78 Å². The van der Waals surface area contributed by atoms with Crippen molar-refractivity contribution in [1.82, 2.24) is 0 Å². The van der Waals surface area contributed by atoms with E-state index in [1.54, 1.807) is 72.8 Å². The van der Waals surface area contributed by atoms with Crippen molar-refractivity contribution in [3.05, 3.63) is 87.9 Å². The van der Waals surface area contributed by atoms with Gasteiger partial charge in [0.25, 0.3) is 0 Å². The van der Waals surface area contributed by atoms with Gasteiger partial charge in [-0.3, -0.25) is 0 Å². The predicted octanol–water partition coefficient (Wildman–Crippen LogP) is 6.89. The molecule has 0 aliphatic heterocycles. The lowest BCUT2D eigenvalue weighted by molar-refractivity contribution is 0.213. The first kappa shape index (κ1) is 20.0. The highest BCUT2D eigenvalue weighted by Crippen LogP contribution is 2.70. The average molecular weight is 496 g/mol. The second-order valence-electron chi connectivity index (χ2n) is 5.57. The van der Waals surface area contributed by atoms with Crippen LogP contribution in [-0.2, 0) is 0 Å². The molecule has 0 N–H and O–H groups in total. The van der Waals surface area contributed by atoms with E-state index >= 15 is 8.78 Å². The lowest BCUT2D eigenvalue weighted by atomic mass is 10.3. The lowest BCUT2D eigenvalue weighted by Crippen LogP contribution is -2.39. The van der Waals surface area contributed by atoms with Gasteiger partial charge in [0.05, 0.1) is 0 Å². The van der Waals surface area contributed by atoms with Crippen molar-refractivity contribution in [3.63, 3.8) is 0 Å². The van der Waals surface area contributed by atoms with Gasteiger partial charge in [-0.1, -0.05) is 34.8 Å². The largest absolute Gasteiger partial charge is 0.422 e. The SMILES string of the molecule is FC(F)(Br)[P+](c1ccc(Cl)cc1)(c1ccc(Cl)cc1)c1ccc(Cl)cc1. The van der Waals surface area contributed by atoms with Gasteiger partial charge in [-0.15, -0.1) is 0 Å². The molecule has 0 nitrogen and oxygen atoms in total. The van der Waals surface area contributed by atoms with Crippen LogP contribution in [0.4, 0.5) is 8.78 Å². The smallest absolute Gasteiger partial charge is 0.154 e. The number of hydrogen-bond donors (Lipinski definition) is 0. The molecule has 0 heterocycles. The Morgan fingerprint density at radius 1 is 0.577 bits per heavy atom. The van der Waals surface area contributed by atoms with Gasteiger partial charge < -0.3 is 0 Å². The summed E-state index contributed by atoms with van der Waals surface area (Å²) in [7, 11) is -3.39. The van der Waals surface area contributed by atoms with E-state index in [4.69, 9.17) is 34.8 Å². The number of hydrogen-bond acceptors (Lipinski definition) is 0. The summed E-state index contributed by atoms with van der Waals surface area (Å²) in [5, 5.41) is 2.93. The van der Waals surface area contributed by atoms with E-state index in [1.807, 2.05) is 0 Å². The molecule has 0 saturated carbocycles. The topological polar surface area (TPSA) is 0 Å². The van der Waals surface area contributed by atoms with Gasteiger partial charge in [-0.25, -0.2) is 0 Å². The quantitative estimate of drug-likeness (QED) is 0.273. The second-order valence-corrected chi connectivity index (χ2v) is 11.9.